The molecule has 1 aromatic heterocycles. The molecule has 0 amide bonds. The van der Waals surface area contributed by atoms with Gasteiger partial charge in [0, 0.05) is 11.6 Å². The van der Waals surface area contributed by atoms with Crippen molar-refractivity contribution in [1.29, 1.82) is 0 Å². The first-order valence-electron chi connectivity index (χ1n) is 7.77. The summed E-state index contributed by atoms with van der Waals surface area (Å²) < 4.78 is 30.5. The summed E-state index contributed by atoms with van der Waals surface area (Å²) in [5.74, 6) is 0.153. The van der Waals surface area contributed by atoms with Crippen LogP contribution < -0.4 is 4.18 Å². The predicted molar refractivity (Wildman–Crippen MR) is 99.7 cm³/mol. The zero-order chi connectivity index (χ0) is 18.2. The van der Waals surface area contributed by atoms with Gasteiger partial charge in [0.05, 0.1) is 5.02 Å². The Morgan fingerprint density at radius 1 is 1.00 bits per heavy atom. The molecule has 0 radical (unpaired) electrons. The van der Waals surface area contributed by atoms with Crippen molar-refractivity contribution in [3.63, 3.8) is 0 Å². The average molecular weight is 376 g/mol. The number of hydrogen-bond donors (Lipinski definition) is 0. The van der Waals surface area contributed by atoms with E-state index in [9.17, 15) is 8.42 Å². The van der Waals surface area contributed by atoms with Gasteiger partial charge < -0.3 is 4.18 Å². The summed E-state index contributed by atoms with van der Waals surface area (Å²) in [4.78, 5) is 4.29. The van der Waals surface area contributed by atoms with Crippen LogP contribution in [0.2, 0.25) is 5.02 Å². The van der Waals surface area contributed by atoms with Gasteiger partial charge >= 0.3 is 10.1 Å². The van der Waals surface area contributed by atoms with Gasteiger partial charge in [0.2, 0.25) is 0 Å². The third-order valence-electron chi connectivity index (χ3n) is 3.89. The smallest absolute Gasteiger partial charge is 0.339 e. The Labute approximate surface area is 152 Å². The standard InChI is InChI=1S/C19H18ClNO3S/c1-19(2,3)13-6-8-14(9-7-13)25(22,23)24-17-11-10-16(20)15-5-4-12-21-18(15)17/h4-12H,1-3H3. The molecule has 3 aromatic rings. The molecule has 0 N–H and O–H groups in total. The van der Waals surface area contributed by atoms with Crippen molar-refractivity contribution < 1.29 is 12.6 Å². The van der Waals surface area contributed by atoms with Gasteiger partial charge in [-0.15, -0.1) is 0 Å². The Bertz CT molecular complexity index is 1020. The molecule has 0 aliphatic heterocycles. The van der Waals surface area contributed by atoms with Crippen LogP contribution in [-0.2, 0) is 15.5 Å². The van der Waals surface area contributed by atoms with Crippen LogP contribution in [0.3, 0.4) is 0 Å². The van der Waals surface area contributed by atoms with E-state index < -0.39 is 10.1 Å². The van der Waals surface area contributed by atoms with Gasteiger partial charge in [0.25, 0.3) is 0 Å². The molecule has 0 spiro atoms. The fourth-order valence-electron chi connectivity index (χ4n) is 2.47. The van der Waals surface area contributed by atoms with Crippen LogP contribution in [0.4, 0.5) is 0 Å². The Balaban J connectivity index is 1.99. The topological polar surface area (TPSA) is 56.3 Å². The van der Waals surface area contributed by atoms with Gasteiger partial charge in [0.1, 0.15) is 10.4 Å². The van der Waals surface area contributed by atoms with E-state index in [1.54, 1.807) is 48.7 Å². The molecule has 0 atom stereocenters. The van der Waals surface area contributed by atoms with Gasteiger partial charge in [-0.05, 0) is 47.4 Å². The summed E-state index contributed by atoms with van der Waals surface area (Å²) in [6, 6.07) is 13.3. The van der Waals surface area contributed by atoms with Crippen LogP contribution in [-0.4, -0.2) is 13.4 Å². The zero-order valence-electron chi connectivity index (χ0n) is 14.2. The molecule has 0 saturated heterocycles. The lowest BCUT2D eigenvalue weighted by Crippen LogP contribution is -2.13. The highest BCUT2D eigenvalue weighted by molar-refractivity contribution is 7.87. The van der Waals surface area contributed by atoms with Crippen molar-refractivity contribution in [2.24, 2.45) is 0 Å². The van der Waals surface area contributed by atoms with Gasteiger partial charge in [0.15, 0.2) is 5.75 Å². The molecule has 1 heterocycles. The highest BCUT2D eigenvalue weighted by Gasteiger charge is 2.21. The van der Waals surface area contributed by atoms with E-state index >= 15 is 0 Å². The number of aromatic nitrogens is 1. The molecule has 0 unspecified atom stereocenters. The maximum absolute atomic E-state index is 12.6. The van der Waals surface area contributed by atoms with E-state index in [0.717, 1.165) is 5.56 Å². The zero-order valence-corrected chi connectivity index (χ0v) is 15.7. The summed E-state index contributed by atoms with van der Waals surface area (Å²) in [5, 5.41) is 1.13. The van der Waals surface area contributed by atoms with Gasteiger partial charge in [-0.25, -0.2) is 0 Å². The van der Waals surface area contributed by atoms with Crippen LogP contribution in [0, 0.1) is 0 Å². The van der Waals surface area contributed by atoms with Crippen LogP contribution in [0.5, 0.6) is 5.75 Å². The minimum Gasteiger partial charge on any atom is -0.377 e. The second-order valence-electron chi connectivity index (χ2n) is 6.76. The van der Waals surface area contributed by atoms with E-state index in [2.05, 4.69) is 25.8 Å². The van der Waals surface area contributed by atoms with Crippen LogP contribution in [0.15, 0.2) is 59.6 Å². The molecule has 0 saturated carbocycles. The number of halogens is 1. The first-order chi connectivity index (χ1) is 11.7. The second kappa shape index (κ2) is 6.32. The van der Waals surface area contributed by atoms with Crippen molar-refractivity contribution in [3.05, 3.63) is 65.3 Å². The lowest BCUT2D eigenvalue weighted by atomic mass is 9.87. The lowest BCUT2D eigenvalue weighted by Gasteiger charge is -2.19. The number of fused-ring (bicyclic) bond motifs is 1. The van der Waals surface area contributed by atoms with E-state index in [0.29, 0.717) is 15.9 Å². The van der Waals surface area contributed by atoms with Crippen molar-refractivity contribution >= 4 is 32.6 Å². The van der Waals surface area contributed by atoms with E-state index in [1.807, 2.05) is 0 Å². The van der Waals surface area contributed by atoms with Gasteiger partial charge in [-0.3, -0.25) is 4.98 Å². The van der Waals surface area contributed by atoms with E-state index in [1.165, 1.54) is 6.07 Å². The van der Waals surface area contributed by atoms with Crippen LogP contribution in [0.25, 0.3) is 10.9 Å². The van der Waals surface area contributed by atoms with Crippen molar-refractivity contribution in [2.75, 3.05) is 0 Å². The summed E-state index contributed by atoms with van der Waals surface area (Å²) in [6.07, 6.45) is 1.57. The maximum atomic E-state index is 12.6. The molecule has 6 heteroatoms. The molecule has 0 aliphatic rings. The maximum Gasteiger partial charge on any atom is 0.339 e. The molecule has 3 rings (SSSR count). The van der Waals surface area contributed by atoms with E-state index in [-0.39, 0.29) is 16.1 Å². The number of nitrogens with zero attached hydrogens (tertiary/aromatic N) is 1. The summed E-state index contributed by atoms with van der Waals surface area (Å²) in [7, 11) is -3.96. The molecule has 25 heavy (non-hydrogen) atoms. The first-order valence-corrected chi connectivity index (χ1v) is 9.55. The number of hydrogen-bond acceptors (Lipinski definition) is 4. The van der Waals surface area contributed by atoms with Gasteiger partial charge in [-0.2, -0.15) is 8.42 Å². The summed E-state index contributed by atoms with van der Waals surface area (Å²) in [5.41, 5.74) is 1.40. The van der Waals surface area contributed by atoms with Crippen molar-refractivity contribution in [1.82, 2.24) is 4.98 Å². The Hall–Kier alpha value is -2.11. The minimum atomic E-state index is -3.96. The second-order valence-corrected chi connectivity index (χ2v) is 8.71. The highest BCUT2D eigenvalue weighted by Crippen LogP contribution is 2.32. The third kappa shape index (κ3) is 3.62. The Morgan fingerprint density at radius 3 is 2.32 bits per heavy atom. The molecular formula is C19H18ClNO3S. The van der Waals surface area contributed by atoms with Crippen LogP contribution >= 0.6 is 11.6 Å². The molecule has 2 aromatic carbocycles. The normalized spacial score (nSPS) is 12.3. The molecule has 0 bridgehead atoms. The fourth-order valence-corrected chi connectivity index (χ4v) is 3.62. The average Bonchev–Trinajstić information content (AvgIpc) is 2.57. The number of pyridine rings is 1. The van der Waals surface area contributed by atoms with Crippen LogP contribution in [0.1, 0.15) is 26.3 Å². The summed E-state index contributed by atoms with van der Waals surface area (Å²) >= 11 is 6.13. The molecule has 0 fully saturated rings. The third-order valence-corrected chi connectivity index (χ3v) is 5.47. The Kier molecular flexibility index (Phi) is 4.47. The largest absolute Gasteiger partial charge is 0.377 e. The molecular weight excluding hydrogens is 358 g/mol. The van der Waals surface area contributed by atoms with Crippen molar-refractivity contribution in [2.45, 2.75) is 31.1 Å². The van der Waals surface area contributed by atoms with E-state index in [4.69, 9.17) is 15.8 Å². The number of benzene rings is 2. The molecule has 0 aliphatic carbocycles. The summed E-state index contributed by atoms with van der Waals surface area (Å²) in [6.45, 7) is 6.20. The number of rotatable bonds is 3. The SMILES string of the molecule is CC(C)(C)c1ccc(S(=O)(=O)Oc2ccc(Cl)c3cccnc23)cc1. The predicted octanol–water partition coefficient (Wildman–Crippen LogP) is 4.95. The lowest BCUT2D eigenvalue weighted by molar-refractivity contribution is 0.488. The minimum absolute atomic E-state index is 0.0561. The Morgan fingerprint density at radius 2 is 1.68 bits per heavy atom. The van der Waals surface area contributed by atoms with Gasteiger partial charge in [-0.1, -0.05) is 44.5 Å². The fraction of sp³-hybridized carbons (Fsp3) is 0.211. The first kappa shape index (κ1) is 17.7. The molecule has 130 valence electrons. The highest BCUT2D eigenvalue weighted by atomic mass is 35.5. The quantitative estimate of drug-likeness (QED) is 0.607. The monoisotopic (exact) mass is 375 g/mol. The van der Waals surface area contributed by atoms with Crippen molar-refractivity contribution in [3.8, 4) is 5.75 Å². The molecule has 4 nitrogen and oxygen atoms in total.